The van der Waals surface area contributed by atoms with E-state index >= 15 is 0 Å². The molecule has 0 fully saturated rings. The van der Waals surface area contributed by atoms with Crippen LogP contribution >= 0.6 is 15.9 Å². The number of hydrogen-bond acceptors (Lipinski definition) is 3. The summed E-state index contributed by atoms with van der Waals surface area (Å²) in [5, 5.41) is 2.37. The Balaban J connectivity index is 2.31. The van der Waals surface area contributed by atoms with E-state index in [4.69, 9.17) is 5.73 Å². The first-order chi connectivity index (χ1) is 9.79. The van der Waals surface area contributed by atoms with Crippen LogP contribution in [0.5, 0.6) is 0 Å². The molecule has 0 radical (unpaired) electrons. The number of nitrogen functional groups attached to an aromatic ring is 1. The van der Waals surface area contributed by atoms with Gasteiger partial charge in [-0.1, -0.05) is 15.9 Å². The van der Waals surface area contributed by atoms with Gasteiger partial charge in [-0.25, -0.2) is 4.98 Å². The van der Waals surface area contributed by atoms with Crippen LogP contribution in [-0.2, 0) is 6.18 Å². The molecule has 0 unspecified atom stereocenters. The Morgan fingerprint density at radius 2 is 2.00 bits per heavy atom. The van der Waals surface area contributed by atoms with Gasteiger partial charge in [0, 0.05) is 16.2 Å². The third-order valence-electron chi connectivity index (χ3n) is 2.60. The summed E-state index contributed by atoms with van der Waals surface area (Å²) in [6.07, 6.45) is -3.14. The van der Waals surface area contributed by atoms with Crippen LogP contribution in [0.2, 0.25) is 0 Å². The standard InChI is InChI=1S/C13H9BrF3N3O/c14-9-4-3-7(6-8(9)13(15,16)17)12(21)20-11-10(18)2-1-5-19-11/h1-6H,18H2,(H,19,20,21). The van der Waals surface area contributed by atoms with Crippen molar-refractivity contribution >= 4 is 33.3 Å². The normalized spacial score (nSPS) is 11.2. The quantitative estimate of drug-likeness (QED) is 0.858. The monoisotopic (exact) mass is 359 g/mol. The second-order valence-electron chi connectivity index (χ2n) is 4.09. The van der Waals surface area contributed by atoms with Crippen LogP contribution in [0.3, 0.4) is 0 Å². The third-order valence-corrected chi connectivity index (χ3v) is 3.30. The lowest BCUT2D eigenvalue weighted by atomic mass is 10.1. The minimum atomic E-state index is -4.56. The molecular formula is C13H9BrF3N3O. The molecule has 1 aromatic carbocycles. The van der Waals surface area contributed by atoms with Crippen molar-refractivity contribution in [2.45, 2.75) is 6.18 Å². The Bertz CT molecular complexity index is 689. The second-order valence-corrected chi connectivity index (χ2v) is 4.94. The van der Waals surface area contributed by atoms with E-state index < -0.39 is 17.6 Å². The van der Waals surface area contributed by atoms with Crippen LogP contribution in [0, 0.1) is 0 Å². The molecule has 1 heterocycles. The number of alkyl halides is 3. The number of nitrogens with two attached hydrogens (primary N) is 1. The van der Waals surface area contributed by atoms with E-state index in [0.717, 1.165) is 6.07 Å². The van der Waals surface area contributed by atoms with Crippen molar-refractivity contribution in [1.29, 1.82) is 0 Å². The number of halogens is 4. The topological polar surface area (TPSA) is 68.0 Å². The molecule has 2 rings (SSSR count). The van der Waals surface area contributed by atoms with Gasteiger partial charge < -0.3 is 11.1 Å². The van der Waals surface area contributed by atoms with Gasteiger partial charge in [-0.2, -0.15) is 13.2 Å². The number of benzene rings is 1. The van der Waals surface area contributed by atoms with Crippen molar-refractivity contribution in [2.24, 2.45) is 0 Å². The number of hydrogen-bond donors (Lipinski definition) is 2. The number of carbonyl (C=O) groups excluding carboxylic acids is 1. The first-order valence-corrected chi connectivity index (χ1v) is 6.47. The van der Waals surface area contributed by atoms with Crippen molar-refractivity contribution in [3.63, 3.8) is 0 Å². The molecule has 0 atom stereocenters. The molecule has 0 spiro atoms. The van der Waals surface area contributed by atoms with Crippen LogP contribution in [0.25, 0.3) is 0 Å². The summed E-state index contributed by atoms with van der Waals surface area (Å²) in [5.74, 6) is -0.627. The molecule has 0 bridgehead atoms. The summed E-state index contributed by atoms with van der Waals surface area (Å²) in [4.78, 5) is 15.8. The lowest BCUT2D eigenvalue weighted by Crippen LogP contribution is -2.16. The fourth-order valence-corrected chi connectivity index (χ4v) is 2.06. The van der Waals surface area contributed by atoms with Gasteiger partial charge in [-0.05, 0) is 30.3 Å². The Kier molecular flexibility index (Phi) is 4.17. The molecule has 0 aliphatic rings. The maximum absolute atomic E-state index is 12.8. The SMILES string of the molecule is Nc1cccnc1NC(=O)c1ccc(Br)c(C(F)(F)F)c1. The first-order valence-electron chi connectivity index (χ1n) is 5.67. The van der Waals surface area contributed by atoms with E-state index in [1.54, 1.807) is 6.07 Å². The highest BCUT2D eigenvalue weighted by Gasteiger charge is 2.33. The Morgan fingerprint density at radius 1 is 1.29 bits per heavy atom. The van der Waals surface area contributed by atoms with E-state index in [9.17, 15) is 18.0 Å². The maximum Gasteiger partial charge on any atom is 0.417 e. The number of pyridine rings is 1. The molecule has 110 valence electrons. The van der Waals surface area contributed by atoms with E-state index in [1.807, 2.05) is 0 Å². The second kappa shape index (κ2) is 5.72. The largest absolute Gasteiger partial charge is 0.417 e. The number of nitrogens with one attached hydrogen (secondary N) is 1. The molecule has 0 saturated heterocycles. The van der Waals surface area contributed by atoms with Crippen molar-refractivity contribution in [3.8, 4) is 0 Å². The molecule has 1 aromatic heterocycles. The molecular weight excluding hydrogens is 351 g/mol. The highest BCUT2D eigenvalue weighted by atomic mass is 79.9. The summed E-state index contributed by atoms with van der Waals surface area (Å²) in [6, 6.07) is 6.30. The summed E-state index contributed by atoms with van der Waals surface area (Å²) < 4.78 is 38.2. The van der Waals surface area contributed by atoms with Crippen LogP contribution in [0.4, 0.5) is 24.7 Å². The number of amides is 1. The Labute approximate surface area is 126 Å². The zero-order chi connectivity index (χ0) is 15.6. The summed E-state index contributed by atoms with van der Waals surface area (Å²) >= 11 is 2.81. The number of nitrogens with zero attached hydrogens (tertiary/aromatic N) is 1. The van der Waals surface area contributed by atoms with Gasteiger partial charge in [0.2, 0.25) is 0 Å². The highest BCUT2D eigenvalue weighted by molar-refractivity contribution is 9.10. The van der Waals surface area contributed by atoms with Gasteiger partial charge in [0.1, 0.15) is 0 Å². The molecule has 0 aliphatic carbocycles. The summed E-state index contributed by atoms with van der Waals surface area (Å²) in [5.41, 5.74) is 4.76. The van der Waals surface area contributed by atoms with Gasteiger partial charge in [0.15, 0.2) is 5.82 Å². The average Bonchev–Trinajstić information content (AvgIpc) is 2.40. The lowest BCUT2D eigenvalue weighted by molar-refractivity contribution is -0.138. The lowest BCUT2D eigenvalue weighted by Gasteiger charge is -2.11. The zero-order valence-corrected chi connectivity index (χ0v) is 12.0. The summed E-state index contributed by atoms with van der Waals surface area (Å²) in [7, 11) is 0. The van der Waals surface area contributed by atoms with Gasteiger partial charge in [-0.15, -0.1) is 0 Å². The highest BCUT2D eigenvalue weighted by Crippen LogP contribution is 2.35. The Hall–Kier alpha value is -2.09. The van der Waals surface area contributed by atoms with E-state index in [1.165, 1.54) is 24.4 Å². The molecule has 8 heteroatoms. The third kappa shape index (κ3) is 3.52. The van der Waals surface area contributed by atoms with Gasteiger partial charge in [0.25, 0.3) is 5.91 Å². The molecule has 0 aliphatic heterocycles. The number of rotatable bonds is 2. The molecule has 2 aromatic rings. The fraction of sp³-hybridized carbons (Fsp3) is 0.0769. The van der Waals surface area contributed by atoms with Crippen molar-refractivity contribution in [2.75, 3.05) is 11.1 Å². The predicted molar refractivity (Wildman–Crippen MR) is 75.7 cm³/mol. The molecule has 3 N–H and O–H groups in total. The average molecular weight is 360 g/mol. The fourth-order valence-electron chi connectivity index (χ4n) is 1.59. The zero-order valence-electron chi connectivity index (χ0n) is 10.4. The van der Waals surface area contributed by atoms with Gasteiger partial charge in [-0.3, -0.25) is 4.79 Å². The van der Waals surface area contributed by atoms with E-state index in [2.05, 4.69) is 26.2 Å². The van der Waals surface area contributed by atoms with E-state index in [0.29, 0.717) is 0 Å². The maximum atomic E-state index is 12.8. The van der Waals surface area contributed by atoms with Gasteiger partial charge in [0.05, 0.1) is 11.3 Å². The number of carbonyl (C=O) groups is 1. The first kappa shape index (κ1) is 15.3. The minimum absolute atomic E-state index is 0.0963. The van der Waals surface area contributed by atoms with Gasteiger partial charge >= 0.3 is 6.18 Å². The summed E-state index contributed by atoms with van der Waals surface area (Å²) in [6.45, 7) is 0. The van der Waals surface area contributed by atoms with Crippen molar-refractivity contribution < 1.29 is 18.0 Å². The number of anilines is 2. The minimum Gasteiger partial charge on any atom is -0.396 e. The molecule has 1 amide bonds. The van der Waals surface area contributed by atoms with Crippen LogP contribution in [0.15, 0.2) is 41.0 Å². The van der Waals surface area contributed by atoms with Crippen LogP contribution in [-0.4, -0.2) is 10.9 Å². The van der Waals surface area contributed by atoms with E-state index in [-0.39, 0.29) is 21.5 Å². The smallest absolute Gasteiger partial charge is 0.396 e. The molecule has 0 saturated carbocycles. The Morgan fingerprint density at radius 3 is 2.62 bits per heavy atom. The molecule has 4 nitrogen and oxygen atoms in total. The van der Waals surface area contributed by atoms with Crippen LogP contribution < -0.4 is 11.1 Å². The van der Waals surface area contributed by atoms with Crippen molar-refractivity contribution in [1.82, 2.24) is 4.98 Å². The number of aromatic nitrogens is 1. The molecule has 21 heavy (non-hydrogen) atoms. The van der Waals surface area contributed by atoms with Crippen LogP contribution in [0.1, 0.15) is 15.9 Å². The van der Waals surface area contributed by atoms with Crippen molar-refractivity contribution in [3.05, 3.63) is 52.1 Å². The predicted octanol–water partition coefficient (Wildman–Crippen LogP) is 3.70.